The molecule has 0 amide bonds. The molecule has 0 aliphatic carbocycles. The minimum Gasteiger partial charge on any atom is -0.307 e. The van der Waals surface area contributed by atoms with E-state index in [1.54, 1.807) is 6.92 Å². The molecule has 1 aliphatic heterocycles. The van der Waals surface area contributed by atoms with Gasteiger partial charge in [0.05, 0.1) is 32.6 Å². The lowest BCUT2D eigenvalue weighted by Crippen LogP contribution is -2.29. The summed E-state index contributed by atoms with van der Waals surface area (Å²) in [6.45, 7) is 2.47. The number of aryl methyl sites for hydroxylation is 1. The highest BCUT2D eigenvalue weighted by Gasteiger charge is 2.25. The summed E-state index contributed by atoms with van der Waals surface area (Å²) in [5.74, 6) is -0.208. The lowest BCUT2D eigenvalue weighted by atomic mass is 10.1. The standard InChI is InChI=1S/C19H16ClFN4O3/c1-10-7-12(25(27)28)8-13-17(10)23-18(16-3-2-6-22-16)24(19(13)26)11-4-5-14(20)15(21)9-11/h4-5,7-9,16,22H,2-3,6H2,1H3/t16-/m1/s1. The molecule has 9 heteroatoms. The van der Waals surface area contributed by atoms with Gasteiger partial charge in [-0.15, -0.1) is 0 Å². The fourth-order valence-electron chi connectivity index (χ4n) is 3.58. The number of nitrogens with one attached hydrogen (secondary N) is 1. The van der Waals surface area contributed by atoms with Crippen LogP contribution in [0.4, 0.5) is 10.1 Å². The first-order chi connectivity index (χ1) is 13.4. The Morgan fingerprint density at radius 1 is 1.36 bits per heavy atom. The quantitative estimate of drug-likeness (QED) is 0.531. The second-order valence-corrected chi connectivity index (χ2v) is 7.18. The van der Waals surface area contributed by atoms with E-state index in [1.165, 1.54) is 34.9 Å². The lowest BCUT2D eigenvalue weighted by molar-refractivity contribution is -0.384. The van der Waals surface area contributed by atoms with Crippen molar-refractivity contribution in [2.24, 2.45) is 0 Å². The Morgan fingerprint density at radius 3 is 2.79 bits per heavy atom. The third-order valence-electron chi connectivity index (χ3n) is 4.92. The first kappa shape index (κ1) is 18.5. The van der Waals surface area contributed by atoms with Gasteiger partial charge in [0, 0.05) is 12.1 Å². The van der Waals surface area contributed by atoms with Gasteiger partial charge < -0.3 is 5.32 Å². The monoisotopic (exact) mass is 402 g/mol. The number of nitrogens with zero attached hydrogens (tertiary/aromatic N) is 3. The number of non-ortho nitro benzene ring substituents is 1. The summed E-state index contributed by atoms with van der Waals surface area (Å²) in [7, 11) is 0. The van der Waals surface area contributed by atoms with Gasteiger partial charge in [0.2, 0.25) is 0 Å². The van der Waals surface area contributed by atoms with E-state index in [1.807, 2.05) is 0 Å². The minimum absolute atomic E-state index is 0.0578. The lowest BCUT2D eigenvalue weighted by Gasteiger charge is -2.19. The van der Waals surface area contributed by atoms with E-state index in [0.717, 1.165) is 19.4 Å². The fraction of sp³-hybridized carbons (Fsp3) is 0.263. The van der Waals surface area contributed by atoms with Gasteiger partial charge in [0.1, 0.15) is 11.6 Å². The number of nitro benzene ring substituents is 1. The Labute approximate surface area is 163 Å². The van der Waals surface area contributed by atoms with E-state index in [-0.39, 0.29) is 27.8 Å². The zero-order valence-corrected chi connectivity index (χ0v) is 15.7. The summed E-state index contributed by atoms with van der Waals surface area (Å²) in [5.41, 5.74) is 0.542. The van der Waals surface area contributed by atoms with Crippen LogP contribution in [0.15, 0.2) is 35.1 Å². The smallest absolute Gasteiger partial charge is 0.270 e. The summed E-state index contributed by atoms with van der Waals surface area (Å²) in [6.07, 6.45) is 1.70. The van der Waals surface area contributed by atoms with Crippen LogP contribution in [-0.2, 0) is 0 Å². The van der Waals surface area contributed by atoms with Crippen LogP contribution in [0.3, 0.4) is 0 Å². The highest BCUT2D eigenvalue weighted by Crippen LogP contribution is 2.28. The Balaban J connectivity index is 2.08. The maximum Gasteiger partial charge on any atom is 0.270 e. The highest BCUT2D eigenvalue weighted by atomic mass is 35.5. The van der Waals surface area contributed by atoms with Crippen molar-refractivity contribution in [3.63, 3.8) is 0 Å². The largest absolute Gasteiger partial charge is 0.307 e. The Morgan fingerprint density at radius 2 is 2.14 bits per heavy atom. The maximum atomic E-state index is 14.1. The average Bonchev–Trinajstić information content (AvgIpc) is 3.19. The van der Waals surface area contributed by atoms with Gasteiger partial charge in [0.25, 0.3) is 11.2 Å². The fourth-order valence-corrected chi connectivity index (χ4v) is 3.70. The van der Waals surface area contributed by atoms with Crippen LogP contribution in [0.1, 0.15) is 30.3 Å². The van der Waals surface area contributed by atoms with Gasteiger partial charge in [-0.3, -0.25) is 19.5 Å². The van der Waals surface area contributed by atoms with Gasteiger partial charge in [-0.1, -0.05) is 11.6 Å². The summed E-state index contributed by atoms with van der Waals surface area (Å²) in [4.78, 5) is 28.7. The number of hydrogen-bond donors (Lipinski definition) is 1. The van der Waals surface area contributed by atoms with Crippen molar-refractivity contribution in [2.45, 2.75) is 25.8 Å². The van der Waals surface area contributed by atoms with Crippen molar-refractivity contribution in [1.29, 1.82) is 0 Å². The zero-order valence-electron chi connectivity index (χ0n) is 14.9. The Bertz CT molecular complexity index is 1170. The van der Waals surface area contributed by atoms with E-state index < -0.39 is 16.3 Å². The predicted octanol–water partition coefficient (Wildman–Crippen LogP) is 3.82. The molecule has 1 aliphatic rings. The number of nitro groups is 1. The van der Waals surface area contributed by atoms with E-state index in [2.05, 4.69) is 10.3 Å². The number of hydrogen-bond acceptors (Lipinski definition) is 5. The van der Waals surface area contributed by atoms with Crippen LogP contribution < -0.4 is 10.9 Å². The first-order valence-electron chi connectivity index (χ1n) is 8.77. The van der Waals surface area contributed by atoms with Crippen LogP contribution in [0.25, 0.3) is 16.6 Å². The zero-order chi connectivity index (χ0) is 20.0. The molecule has 28 heavy (non-hydrogen) atoms. The molecule has 7 nitrogen and oxygen atoms in total. The van der Waals surface area contributed by atoms with E-state index in [0.29, 0.717) is 16.9 Å². The molecule has 1 N–H and O–H groups in total. The van der Waals surface area contributed by atoms with Gasteiger partial charge >= 0.3 is 0 Å². The Kier molecular flexibility index (Phi) is 4.60. The molecule has 4 rings (SSSR count). The van der Waals surface area contributed by atoms with Crippen molar-refractivity contribution in [1.82, 2.24) is 14.9 Å². The van der Waals surface area contributed by atoms with Crippen LogP contribution in [-0.4, -0.2) is 21.0 Å². The van der Waals surface area contributed by atoms with Crippen molar-refractivity contribution >= 4 is 28.2 Å². The molecule has 0 saturated carbocycles. The number of benzene rings is 2. The average molecular weight is 403 g/mol. The predicted molar refractivity (Wildman–Crippen MR) is 104 cm³/mol. The van der Waals surface area contributed by atoms with Crippen LogP contribution in [0.2, 0.25) is 5.02 Å². The van der Waals surface area contributed by atoms with Crippen molar-refractivity contribution < 1.29 is 9.31 Å². The second-order valence-electron chi connectivity index (χ2n) is 6.77. The number of rotatable bonds is 3. The molecule has 1 aromatic heterocycles. The van der Waals surface area contributed by atoms with Crippen molar-refractivity contribution in [2.75, 3.05) is 6.54 Å². The molecule has 144 valence electrons. The van der Waals surface area contributed by atoms with Crippen LogP contribution in [0, 0.1) is 22.9 Å². The summed E-state index contributed by atoms with van der Waals surface area (Å²) in [5, 5.41) is 14.6. The maximum absolute atomic E-state index is 14.1. The molecule has 3 aromatic rings. The third-order valence-corrected chi connectivity index (χ3v) is 5.22. The van der Waals surface area contributed by atoms with Crippen molar-refractivity contribution in [3.8, 4) is 5.69 Å². The topological polar surface area (TPSA) is 90.1 Å². The normalized spacial score (nSPS) is 16.6. The summed E-state index contributed by atoms with van der Waals surface area (Å²) in [6, 6.07) is 6.50. The molecule has 1 atom stereocenters. The molecule has 0 spiro atoms. The van der Waals surface area contributed by atoms with E-state index in [9.17, 15) is 19.3 Å². The van der Waals surface area contributed by atoms with Crippen molar-refractivity contribution in [3.05, 3.63) is 73.0 Å². The molecule has 0 bridgehead atoms. The molecule has 0 unspecified atom stereocenters. The Hall–Kier alpha value is -2.84. The molecular formula is C19H16ClFN4O3. The number of halogens is 2. The molecule has 0 radical (unpaired) electrons. The van der Waals surface area contributed by atoms with E-state index >= 15 is 0 Å². The van der Waals surface area contributed by atoms with E-state index in [4.69, 9.17) is 11.6 Å². The van der Waals surface area contributed by atoms with Gasteiger partial charge in [-0.05, 0) is 50.1 Å². The number of aromatic nitrogens is 2. The molecule has 2 aromatic carbocycles. The summed E-state index contributed by atoms with van der Waals surface area (Å²) >= 11 is 5.78. The van der Waals surface area contributed by atoms with Gasteiger partial charge in [-0.25, -0.2) is 9.37 Å². The third kappa shape index (κ3) is 3.04. The molecule has 1 saturated heterocycles. The van der Waals surface area contributed by atoms with Crippen LogP contribution in [0.5, 0.6) is 0 Å². The number of fused-ring (bicyclic) bond motifs is 1. The van der Waals surface area contributed by atoms with Gasteiger partial charge in [-0.2, -0.15) is 0 Å². The molecule has 2 heterocycles. The minimum atomic E-state index is -0.660. The molecular weight excluding hydrogens is 387 g/mol. The summed E-state index contributed by atoms with van der Waals surface area (Å²) < 4.78 is 15.4. The first-order valence-corrected chi connectivity index (χ1v) is 9.15. The highest BCUT2D eigenvalue weighted by molar-refractivity contribution is 6.30. The second kappa shape index (κ2) is 6.96. The van der Waals surface area contributed by atoms with Crippen LogP contribution >= 0.6 is 11.6 Å². The van der Waals surface area contributed by atoms with Gasteiger partial charge in [0.15, 0.2) is 0 Å². The SMILES string of the molecule is Cc1cc([N+](=O)[O-])cc2c(=O)n(-c3ccc(Cl)c(F)c3)c([C@H]3CCCN3)nc12. The molecule has 1 fully saturated rings.